The van der Waals surface area contributed by atoms with Crippen LogP contribution in [0.25, 0.3) is 0 Å². The standard InChI is InChI=1S/C11H13Cl2N5/c1-7(14)11-15-16-17-18(11)5-4-8-2-3-9(12)6-10(8)13/h2-3,6-7H,4-5,14H2,1H3. The van der Waals surface area contributed by atoms with Crippen molar-refractivity contribution in [1.82, 2.24) is 20.2 Å². The predicted octanol–water partition coefficient (Wildman–Crippen LogP) is 2.24. The van der Waals surface area contributed by atoms with E-state index in [9.17, 15) is 0 Å². The molecule has 0 aliphatic rings. The molecule has 1 aromatic carbocycles. The van der Waals surface area contributed by atoms with Crippen LogP contribution < -0.4 is 5.73 Å². The van der Waals surface area contributed by atoms with Gasteiger partial charge in [0.2, 0.25) is 0 Å². The third-order valence-corrected chi connectivity index (χ3v) is 3.16. The first-order chi connectivity index (χ1) is 8.58. The van der Waals surface area contributed by atoms with E-state index in [4.69, 9.17) is 28.9 Å². The lowest BCUT2D eigenvalue weighted by Crippen LogP contribution is -2.15. The van der Waals surface area contributed by atoms with Gasteiger partial charge in [0.05, 0.1) is 6.04 Å². The molecule has 0 bridgehead atoms. The Bertz CT molecular complexity index is 538. The van der Waals surface area contributed by atoms with Gasteiger partial charge in [-0.15, -0.1) is 5.10 Å². The summed E-state index contributed by atoms with van der Waals surface area (Å²) in [6.07, 6.45) is 0.723. The van der Waals surface area contributed by atoms with E-state index in [0.717, 1.165) is 12.0 Å². The van der Waals surface area contributed by atoms with Gasteiger partial charge in [-0.05, 0) is 41.5 Å². The monoisotopic (exact) mass is 285 g/mol. The van der Waals surface area contributed by atoms with Gasteiger partial charge in [0.15, 0.2) is 5.82 Å². The van der Waals surface area contributed by atoms with E-state index in [1.165, 1.54) is 0 Å². The van der Waals surface area contributed by atoms with E-state index in [0.29, 0.717) is 22.4 Å². The van der Waals surface area contributed by atoms with Crippen molar-refractivity contribution in [2.24, 2.45) is 5.73 Å². The quantitative estimate of drug-likeness (QED) is 0.935. The predicted molar refractivity (Wildman–Crippen MR) is 70.6 cm³/mol. The second-order valence-electron chi connectivity index (χ2n) is 4.03. The van der Waals surface area contributed by atoms with E-state index in [1.54, 1.807) is 10.7 Å². The minimum absolute atomic E-state index is 0.194. The van der Waals surface area contributed by atoms with Crippen molar-refractivity contribution in [3.8, 4) is 0 Å². The normalized spacial score (nSPS) is 12.7. The van der Waals surface area contributed by atoms with Crippen molar-refractivity contribution in [3.63, 3.8) is 0 Å². The Balaban J connectivity index is 2.09. The van der Waals surface area contributed by atoms with Gasteiger partial charge in [-0.3, -0.25) is 0 Å². The Kier molecular flexibility index (Phi) is 4.16. The molecule has 0 saturated carbocycles. The van der Waals surface area contributed by atoms with Gasteiger partial charge in [-0.2, -0.15) is 0 Å². The third-order valence-electron chi connectivity index (χ3n) is 2.57. The van der Waals surface area contributed by atoms with Crippen LogP contribution in [-0.4, -0.2) is 20.2 Å². The Morgan fingerprint density at radius 1 is 1.39 bits per heavy atom. The van der Waals surface area contributed by atoms with E-state index in [2.05, 4.69) is 15.5 Å². The first-order valence-corrected chi connectivity index (χ1v) is 6.29. The smallest absolute Gasteiger partial charge is 0.167 e. The lowest BCUT2D eigenvalue weighted by atomic mass is 10.1. The highest BCUT2D eigenvalue weighted by atomic mass is 35.5. The van der Waals surface area contributed by atoms with E-state index >= 15 is 0 Å². The summed E-state index contributed by atoms with van der Waals surface area (Å²) in [5.41, 5.74) is 6.78. The number of benzene rings is 1. The number of hydrogen-bond donors (Lipinski definition) is 1. The van der Waals surface area contributed by atoms with Crippen LogP contribution >= 0.6 is 23.2 Å². The van der Waals surface area contributed by atoms with Crippen LogP contribution in [0.3, 0.4) is 0 Å². The zero-order valence-corrected chi connectivity index (χ0v) is 11.4. The molecule has 1 heterocycles. The van der Waals surface area contributed by atoms with Crippen molar-refractivity contribution in [3.05, 3.63) is 39.6 Å². The second-order valence-corrected chi connectivity index (χ2v) is 4.88. The SMILES string of the molecule is CC(N)c1nnnn1CCc1ccc(Cl)cc1Cl. The number of rotatable bonds is 4. The van der Waals surface area contributed by atoms with E-state index < -0.39 is 0 Å². The number of hydrogen-bond acceptors (Lipinski definition) is 4. The molecule has 1 aromatic heterocycles. The van der Waals surface area contributed by atoms with Crippen molar-refractivity contribution in [1.29, 1.82) is 0 Å². The summed E-state index contributed by atoms with van der Waals surface area (Å²) in [5.74, 6) is 0.667. The molecule has 7 heteroatoms. The van der Waals surface area contributed by atoms with E-state index in [-0.39, 0.29) is 6.04 Å². The molecule has 2 aromatic rings. The van der Waals surface area contributed by atoms with Gasteiger partial charge in [0.1, 0.15) is 0 Å². The van der Waals surface area contributed by atoms with Crippen molar-refractivity contribution in [2.45, 2.75) is 25.9 Å². The van der Waals surface area contributed by atoms with Crippen LogP contribution in [-0.2, 0) is 13.0 Å². The zero-order valence-electron chi connectivity index (χ0n) is 9.85. The maximum Gasteiger partial charge on any atom is 0.167 e. The van der Waals surface area contributed by atoms with Gasteiger partial charge >= 0.3 is 0 Å². The summed E-state index contributed by atoms with van der Waals surface area (Å²) in [4.78, 5) is 0. The van der Waals surface area contributed by atoms with Crippen molar-refractivity contribution >= 4 is 23.2 Å². The number of aryl methyl sites for hydroxylation is 2. The number of tetrazole rings is 1. The molecular weight excluding hydrogens is 273 g/mol. The maximum absolute atomic E-state index is 6.10. The summed E-state index contributed by atoms with van der Waals surface area (Å²) < 4.78 is 1.69. The summed E-state index contributed by atoms with van der Waals surface area (Å²) in [7, 11) is 0. The average Bonchev–Trinajstić information content (AvgIpc) is 2.76. The fourth-order valence-corrected chi connectivity index (χ4v) is 2.15. The molecule has 1 atom stereocenters. The molecule has 96 valence electrons. The number of aromatic nitrogens is 4. The van der Waals surface area contributed by atoms with Gasteiger partial charge < -0.3 is 5.73 Å². The average molecular weight is 286 g/mol. The summed E-state index contributed by atoms with van der Waals surface area (Å²) in [6, 6.07) is 5.25. The molecule has 0 fully saturated rings. The topological polar surface area (TPSA) is 69.6 Å². The zero-order chi connectivity index (χ0) is 13.1. The lowest BCUT2D eigenvalue weighted by molar-refractivity contribution is 0.543. The van der Waals surface area contributed by atoms with Crippen LogP contribution in [0, 0.1) is 0 Å². The minimum atomic E-state index is -0.194. The van der Waals surface area contributed by atoms with Gasteiger partial charge in [-0.25, -0.2) is 4.68 Å². The second kappa shape index (κ2) is 5.65. The van der Waals surface area contributed by atoms with Gasteiger partial charge in [0, 0.05) is 16.6 Å². The highest BCUT2D eigenvalue weighted by Gasteiger charge is 2.10. The Morgan fingerprint density at radius 2 is 2.17 bits per heavy atom. The fraction of sp³-hybridized carbons (Fsp3) is 0.364. The Hall–Kier alpha value is -1.17. The Labute approximate surface area is 115 Å². The highest BCUT2D eigenvalue weighted by molar-refractivity contribution is 6.35. The summed E-state index contributed by atoms with van der Waals surface area (Å²) in [6.45, 7) is 2.47. The van der Waals surface area contributed by atoms with Crippen LogP contribution in [0.4, 0.5) is 0 Å². The minimum Gasteiger partial charge on any atom is -0.322 e. The summed E-state index contributed by atoms with van der Waals surface area (Å²) >= 11 is 11.9. The van der Waals surface area contributed by atoms with Gasteiger partial charge in [-0.1, -0.05) is 29.3 Å². The molecule has 0 saturated heterocycles. The van der Waals surface area contributed by atoms with Crippen LogP contribution in [0.5, 0.6) is 0 Å². The maximum atomic E-state index is 6.10. The molecule has 2 rings (SSSR count). The molecule has 2 N–H and O–H groups in total. The largest absolute Gasteiger partial charge is 0.322 e. The van der Waals surface area contributed by atoms with Crippen molar-refractivity contribution < 1.29 is 0 Å². The fourth-order valence-electron chi connectivity index (χ4n) is 1.65. The molecule has 0 amide bonds. The van der Waals surface area contributed by atoms with Crippen LogP contribution in [0.15, 0.2) is 18.2 Å². The molecule has 0 spiro atoms. The lowest BCUT2D eigenvalue weighted by Gasteiger charge is -2.08. The highest BCUT2D eigenvalue weighted by Crippen LogP contribution is 2.21. The number of nitrogens with zero attached hydrogens (tertiary/aromatic N) is 4. The Morgan fingerprint density at radius 3 is 2.83 bits per heavy atom. The van der Waals surface area contributed by atoms with Crippen LogP contribution in [0.2, 0.25) is 10.0 Å². The molecule has 0 radical (unpaired) electrons. The molecule has 1 unspecified atom stereocenters. The number of halogens is 2. The van der Waals surface area contributed by atoms with E-state index in [1.807, 2.05) is 19.1 Å². The molecule has 0 aliphatic heterocycles. The molecule has 18 heavy (non-hydrogen) atoms. The first-order valence-electron chi connectivity index (χ1n) is 5.53. The van der Waals surface area contributed by atoms with Crippen molar-refractivity contribution in [2.75, 3.05) is 0 Å². The van der Waals surface area contributed by atoms with Gasteiger partial charge in [0.25, 0.3) is 0 Å². The van der Waals surface area contributed by atoms with Crippen LogP contribution in [0.1, 0.15) is 24.4 Å². The first kappa shape index (κ1) is 13.3. The third kappa shape index (κ3) is 2.98. The molecule has 0 aliphatic carbocycles. The summed E-state index contributed by atoms with van der Waals surface area (Å²) in [5, 5.41) is 12.7. The molecule has 5 nitrogen and oxygen atoms in total. The molecular formula is C11H13Cl2N5. The number of nitrogens with two attached hydrogens (primary N) is 1.